The van der Waals surface area contributed by atoms with E-state index >= 15 is 0 Å². The molecule has 3 aromatic heterocycles. The molecule has 0 bridgehead atoms. The maximum atomic E-state index is 11.7. The summed E-state index contributed by atoms with van der Waals surface area (Å²) in [6, 6.07) is 25.0. The molecule has 0 aliphatic rings. The Morgan fingerprint density at radius 3 is 2.23 bits per heavy atom. The number of rotatable bonds is 11. The second-order valence-electron chi connectivity index (χ2n) is 15.6. The average Bonchev–Trinajstić information content (AvgIpc) is 3.69. The van der Waals surface area contributed by atoms with Crippen molar-refractivity contribution in [1.29, 1.82) is 0 Å². The molecule has 0 fully saturated rings. The summed E-state index contributed by atoms with van der Waals surface area (Å²) < 4.78 is 12.2. The molecule has 3 aromatic carbocycles. The van der Waals surface area contributed by atoms with E-state index in [9.17, 15) is 9.90 Å². The Morgan fingerprint density at radius 1 is 0.906 bits per heavy atom. The van der Waals surface area contributed by atoms with Crippen LogP contribution in [0.4, 0.5) is 0 Å². The van der Waals surface area contributed by atoms with Crippen molar-refractivity contribution in [3.8, 4) is 22.4 Å². The van der Waals surface area contributed by atoms with Crippen molar-refractivity contribution in [2.45, 2.75) is 107 Å². The number of furan rings is 2. The smallest absolute Gasteiger partial charge is 0.162 e. The molecule has 3 heterocycles. The van der Waals surface area contributed by atoms with Crippen molar-refractivity contribution in [3.63, 3.8) is 0 Å². The average molecular weight is 891 g/mol. The zero-order valence-corrected chi connectivity index (χ0v) is 35.5. The first-order valence-electron chi connectivity index (χ1n) is 19.1. The first kappa shape index (κ1) is 41.8. The van der Waals surface area contributed by atoms with Gasteiger partial charge in [0.2, 0.25) is 0 Å². The van der Waals surface area contributed by atoms with Crippen molar-refractivity contribution in [2.24, 2.45) is 17.8 Å². The number of allylic oxidation sites excluding steroid dienone is 2. The molecule has 6 heteroatoms. The maximum absolute atomic E-state index is 11.7. The molecule has 53 heavy (non-hydrogen) atoms. The predicted molar refractivity (Wildman–Crippen MR) is 217 cm³/mol. The number of hydrogen-bond acceptors (Lipinski definition) is 5. The first-order chi connectivity index (χ1) is 24.8. The largest absolute Gasteiger partial charge is 0.512 e. The van der Waals surface area contributed by atoms with E-state index in [-0.39, 0.29) is 48.9 Å². The van der Waals surface area contributed by atoms with Gasteiger partial charge in [0, 0.05) is 60.7 Å². The number of aryl methyl sites for hydroxylation is 1. The van der Waals surface area contributed by atoms with Crippen LogP contribution in [0.3, 0.4) is 0 Å². The molecular formula is C47H56IrNO4-. The fraction of sp³-hybridized carbons (Fsp3) is 0.404. The standard InChI is InChI=1S/C34H32NO2.C13H24O2.Ir/c1-20(2)13-25-19-36-32-17-23(11-12-27(25)32)28-18-30(35-31-14-21(3)37-33(28)31)24-15-22-9-7-8-10-26(22)29(16-24)34(4,5)6;1-5-10(6-2)12(14)9-13(15)11(7-3)8-4;/h7-12,14,16-20H,13H2,1-6H3;9-11,14H,5-8H2,1-4H3;/q-1;;/b;12-9-;. The number of pyridine rings is 1. The second kappa shape index (κ2) is 17.9. The number of nitrogens with zero attached hydrogens (tertiary/aromatic N) is 1. The van der Waals surface area contributed by atoms with Crippen LogP contribution in [0.2, 0.25) is 0 Å². The molecule has 0 atom stereocenters. The summed E-state index contributed by atoms with van der Waals surface area (Å²) in [6.07, 6.45) is 7.81. The van der Waals surface area contributed by atoms with Gasteiger partial charge in [0.05, 0.1) is 12.0 Å². The van der Waals surface area contributed by atoms with E-state index < -0.39 is 0 Å². The van der Waals surface area contributed by atoms with Gasteiger partial charge in [-0.15, -0.1) is 29.1 Å². The SMILES string of the molecule is CCC(CC)C(=O)/C=C(\O)C(CC)CC.Cc1cc2nc(-c3[c-]c4ccccc4c(C(C)(C)C)c3)cc(-c3ccc4c(CC(C)C)coc4c3)c2o1.[Ir]. The normalized spacial score (nSPS) is 12.2. The molecular weight excluding hydrogens is 835 g/mol. The molecule has 5 nitrogen and oxygen atoms in total. The quantitative estimate of drug-likeness (QED) is 0.0797. The van der Waals surface area contributed by atoms with E-state index in [2.05, 4.69) is 95.3 Å². The maximum Gasteiger partial charge on any atom is 0.162 e. The summed E-state index contributed by atoms with van der Waals surface area (Å²) in [5.41, 5.74) is 9.02. The van der Waals surface area contributed by atoms with Crippen molar-refractivity contribution >= 4 is 38.6 Å². The Morgan fingerprint density at radius 2 is 1.58 bits per heavy atom. The van der Waals surface area contributed by atoms with Crippen molar-refractivity contribution in [1.82, 2.24) is 4.98 Å². The number of carbonyl (C=O) groups excluding carboxylic acids is 1. The third kappa shape index (κ3) is 9.58. The molecule has 0 saturated carbocycles. The van der Waals surface area contributed by atoms with Gasteiger partial charge in [0.25, 0.3) is 0 Å². The molecule has 6 aromatic rings. The molecule has 283 valence electrons. The first-order valence-corrected chi connectivity index (χ1v) is 19.1. The van der Waals surface area contributed by atoms with Crippen LogP contribution in [0.1, 0.15) is 105 Å². The van der Waals surface area contributed by atoms with Gasteiger partial charge in [0.1, 0.15) is 16.9 Å². The van der Waals surface area contributed by atoms with Crippen LogP contribution in [0.15, 0.2) is 87.6 Å². The third-order valence-corrected chi connectivity index (χ3v) is 10.1. The molecule has 0 aliphatic carbocycles. The Bertz CT molecular complexity index is 2190. The Balaban J connectivity index is 0.000000335. The van der Waals surface area contributed by atoms with Gasteiger partial charge >= 0.3 is 0 Å². The zero-order valence-electron chi connectivity index (χ0n) is 33.1. The summed E-state index contributed by atoms with van der Waals surface area (Å²) in [5, 5.41) is 13.3. The van der Waals surface area contributed by atoms with Crippen LogP contribution in [0, 0.1) is 30.7 Å². The Kier molecular flexibility index (Phi) is 14.1. The van der Waals surface area contributed by atoms with E-state index in [0.29, 0.717) is 5.92 Å². The minimum atomic E-state index is -0.0133. The topological polar surface area (TPSA) is 76.5 Å². The number of benzene rings is 3. The van der Waals surface area contributed by atoms with E-state index in [1.54, 1.807) is 0 Å². The summed E-state index contributed by atoms with van der Waals surface area (Å²) in [6.45, 7) is 21.3. The molecule has 0 saturated heterocycles. The van der Waals surface area contributed by atoms with Crippen molar-refractivity contribution in [3.05, 3.63) is 102 Å². The fourth-order valence-electron chi connectivity index (χ4n) is 7.11. The van der Waals surface area contributed by atoms with Crippen LogP contribution in [-0.4, -0.2) is 15.9 Å². The number of hydrogen-bond donors (Lipinski definition) is 1. The van der Waals surface area contributed by atoms with Gasteiger partial charge < -0.3 is 13.9 Å². The van der Waals surface area contributed by atoms with Gasteiger partial charge in [-0.1, -0.05) is 110 Å². The fourth-order valence-corrected chi connectivity index (χ4v) is 7.11. The van der Waals surface area contributed by atoms with Gasteiger partial charge in [0.15, 0.2) is 11.4 Å². The molecule has 1 radical (unpaired) electrons. The van der Waals surface area contributed by atoms with Crippen LogP contribution in [0.25, 0.3) is 55.2 Å². The van der Waals surface area contributed by atoms with Crippen LogP contribution < -0.4 is 0 Å². The van der Waals surface area contributed by atoms with E-state index in [4.69, 9.17) is 13.8 Å². The molecule has 0 amide bonds. The van der Waals surface area contributed by atoms with E-state index in [1.807, 2.05) is 46.9 Å². The zero-order chi connectivity index (χ0) is 37.7. The summed E-state index contributed by atoms with van der Waals surface area (Å²) >= 11 is 0. The summed E-state index contributed by atoms with van der Waals surface area (Å²) in [5.74, 6) is 1.97. The number of aliphatic hydroxyl groups is 1. The predicted octanol–water partition coefficient (Wildman–Crippen LogP) is 13.5. The van der Waals surface area contributed by atoms with Gasteiger partial charge in [-0.3, -0.25) is 9.78 Å². The van der Waals surface area contributed by atoms with Crippen LogP contribution in [0.5, 0.6) is 0 Å². The van der Waals surface area contributed by atoms with Gasteiger partial charge in [-0.25, -0.2) is 0 Å². The van der Waals surface area contributed by atoms with Crippen LogP contribution >= 0.6 is 0 Å². The minimum absolute atomic E-state index is 0. The Labute approximate surface area is 329 Å². The Hall–Kier alpha value is -3.99. The molecule has 1 N–H and O–H groups in total. The summed E-state index contributed by atoms with van der Waals surface area (Å²) in [4.78, 5) is 16.7. The van der Waals surface area contributed by atoms with Gasteiger partial charge in [-0.05, 0) is 67.6 Å². The van der Waals surface area contributed by atoms with Crippen LogP contribution in [-0.2, 0) is 36.7 Å². The molecule has 0 spiro atoms. The molecule has 0 aliphatic heterocycles. The number of aliphatic hydroxyl groups excluding tert-OH is 1. The monoisotopic (exact) mass is 891 g/mol. The molecule has 0 unspecified atom stereocenters. The number of aromatic nitrogens is 1. The second-order valence-corrected chi connectivity index (χ2v) is 15.6. The van der Waals surface area contributed by atoms with E-state index in [0.717, 1.165) is 82.3 Å². The van der Waals surface area contributed by atoms with Gasteiger partial charge in [-0.2, -0.15) is 0 Å². The van der Waals surface area contributed by atoms with E-state index in [1.165, 1.54) is 28.0 Å². The molecule has 6 rings (SSSR count). The van der Waals surface area contributed by atoms with Crippen molar-refractivity contribution in [2.75, 3.05) is 0 Å². The van der Waals surface area contributed by atoms with Crippen molar-refractivity contribution < 1.29 is 38.8 Å². The number of ketones is 1. The minimum Gasteiger partial charge on any atom is -0.512 e. The number of carbonyl (C=O) groups is 1. The third-order valence-electron chi connectivity index (χ3n) is 10.1. The summed E-state index contributed by atoms with van der Waals surface area (Å²) in [7, 11) is 0. The number of fused-ring (bicyclic) bond motifs is 3.